The van der Waals surface area contributed by atoms with Crippen molar-refractivity contribution in [1.82, 2.24) is 5.32 Å². The lowest BCUT2D eigenvalue weighted by molar-refractivity contribution is -0.517. The standard InChI is InChI=1S/C4H11NO3/c1-4(5-2)7-8-6-3/h4-5H,1-3H3. The average Bonchev–Trinajstić information content (AvgIpc) is 1.83. The van der Waals surface area contributed by atoms with Crippen LogP contribution in [0.25, 0.3) is 0 Å². The van der Waals surface area contributed by atoms with E-state index in [1.165, 1.54) is 7.11 Å². The molecular weight excluding hydrogens is 110 g/mol. The van der Waals surface area contributed by atoms with Gasteiger partial charge in [0.1, 0.15) is 6.23 Å². The highest BCUT2D eigenvalue weighted by molar-refractivity contribution is 4.31. The first-order valence-corrected chi connectivity index (χ1v) is 2.34. The molecule has 8 heavy (non-hydrogen) atoms. The van der Waals surface area contributed by atoms with Gasteiger partial charge in [-0.15, -0.1) is 0 Å². The number of hydrogen-bond acceptors (Lipinski definition) is 4. The Balaban J connectivity index is 2.86. The molecule has 0 bridgehead atoms. The van der Waals surface area contributed by atoms with Gasteiger partial charge in [0, 0.05) is 0 Å². The molecule has 0 fully saturated rings. The Labute approximate surface area is 48.6 Å². The van der Waals surface area contributed by atoms with Crippen LogP contribution < -0.4 is 5.32 Å². The Kier molecular flexibility index (Phi) is 4.89. The molecule has 4 heteroatoms. The third-order valence-corrected chi connectivity index (χ3v) is 0.658. The SMILES string of the molecule is CNC(C)OOOC. The lowest BCUT2D eigenvalue weighted by atomic mass is 10.7. The van der Waals surface area contributed by atoms with Crippen molar-refractivity contribution in [2.24, 2.45) is 0 Å². The van der Waals surface area contributed by atoms with E-state index in [-0.39, 0.29) is 6.23 Å². The second kappa shape index (κ2) is 4.99. The predicted molar refractivity (Wildman–Crippen MR) is 27.7 cm³/mol. The van der Waals surface area contributed by atoms with Crippen LogP contribution in [0.3, 0.4) is 0 Å². The molecule has 0 aromatic carbocycles. The van der Waals surface area contributed by atoms with Gasteiger partial charge >= 0.3 is 0 Å². The van der Waals surface area contributed by atoms with Gasteiger partial charge in [0.15, 0.2) is 0 Å². The Morgan fingerprint density at radius 1 is 1.50 bits per heavy atom. The topological polar surface area (TPSA) is 39.7 Å². The minimum Gasteiger partial charge on any atom is -0.293 e. The molecule has 0 saturated carbocycles. The predicted octanol–water partition coefficient (Wildman–Crippen LogP) is 0.0614. The largest absolute Gasteiger partial charge is 0.293 e. The molecule has 0 aliphatic rings. The first kappa shape index (κ1) is 7.84. The van der Waals surface area contributed by atoms with E-state index in [1.807, 2.05) is 0 Å². The molecule has 0 saturated heterocycles. The monoisotopic (exact) mass is 121 g/mol. The molecule has 1 atom stereocenters. The summed E-state index contributed by atoms with van der Waals surface area (Å²) in [4.78, 5) is 8.66. The van der Waals surface area contributed by atoms with Gasteiger partial charge in [0.25, 0.3) is 0 Å². The minimum atomic E-state index is -0.144. The van der Waals surface area contributed by atoms with Gasteiger partial charge in [-0.25, -0.2) is 4.89 Å². The zero-order valence-electron chi connectivity index (χ0n) is 5.30. The maximum Gasteiger partial charge on any atom is 0.143 e. The molecule has 0 aliphatic carbocycles. The van der Waals surface area contributed by atoms with Crippen LogP contribution >= 0.6 is 0 Å². The van der Waals surface area contributed by atoms with Crippen LogP contribution in [0, 0.1) is 0 Å². The van der Waals surface area contributed by atoms with Gasteiger partial charge in [-0.1, -0.05) is 5.04 Å². The number of nitrogens with one attached hydrogen (secondary N) is 1. The summed E-state index contributed by atoms with van der Waals surface area (Å²) in [5.41, 5.74) is 0. The minimum absolute atomic E-state index is 0.144. The summed E-state index contributed by atoms with van der Waals surface area (Å²) >= 11 is 0. The van der Waals surface area contributed by atoms with E-state index in [4.69, 9.17) is 0 Å². The summed E-state index contributed by atoms with van der Waals surface area (Å²) in [6.07, 6.45) is -0.144. The van der Waals surface area contributed by atoms with Crippen molar-refractivity contribution in [2.75, 3.05) is 14.2 Å². The molecule has 0 radical (unpaired) electrons. The zero-order valence-corrected chi connectivity index (χ0v) is 5.30. The summed E-state index contributed by atoms with van der Waals surface area (Å²) in [5, 5.41) is 6.90. The Morgan fingerprint density at radius 3 is 2.50 bits per heavy atom. The molecule has 1 unspecified atom stereocenters. The van der Waals surface area contributed by atoms with Gasteiger partial charge in [-0.05, 0) is 14.0 Å². The summed E-state index contributed by atoms with van der Waals surface area (Å²) in [6, 6.07) is 0. The van der Waals surface area contributed by atoms with Crippen LogP contribution in [0.5, 0.6) is 0 Å². The van der Waals surface area contributed by atoms with Gasteiger partial charge in [-0.2, -0.15) is 4.89 Å². The molecule has 0 heterocycles. The fourth-order valence-electron chi connectivity index (χ4n) is 0.146. The Morgan fingerprint density at radius 2 is 2.12 bits per heavy atom. The highest BCUT2D eigenvalue weighted by atomic mass is 17.5. The van der Waals surface area contributed by atoms with E-state index >= 15 is 0 Å². The fraction of sp³-hybridized carbons (Fsp3) is 1.00. The molecule has 0 aromatic rings. The molecule has 0 aliphatic heterocycles. The first-order chi connectivity index (χ1) is 3.81. The van der Waals surface area contributed by atoms with Crippen molar-refractivity contribution in [3.05, 3.63) is 0 Å². The maximum absolute atomic E-state index is 4.51. The van der Waals surface area contributed by atoms with Crippen molar-refractivity contribution in [3.8, 4) is 0 Å². The molecular formula is C4H11NO3. The van der Waals surface area contributed by atoms with E-state index in [0.717, 1.165) is 0 Å². The maximum atomic E-state index is 4.51. The second-order valence-electron chi connectivity index (χ2n) is 1.26. The molecule has 1 N–H and O–H groups in total. The smallest absolute Gasteiger partial charge is 0.143 e. The molecule has 0 aromatic heterocycles. The summed E-state index contributed by atoms with van der Waals surface area (Å²) < 4.78 is 0. The van der Waals surface area contributed by atoms with Crippen molar-refractivity contribution in [1.29, 1.82) is 0 Å². The summed E-state index contributed by atoms with van der Waals surface area (Å²) in [6.45, 7) is 1.79. The molecule has 50 valence electrons. The van der Waals surface area contributed by atoms with E-state index in [0.29, 0.717) is 0 Å². The highest BCUT2D eigenvalue weighted by Gasteiger charge is 1.95. The van der Waals surface area contributed by atoms with Crippen LogP contribution in [-0.4, -0.2) is 20.4 Å². The Hall–Kier alpha value is -0.160. The average molecular weight is 121 g/mol. The third kappa shape index (κ3) is 4.01. The van der Waals surface area contributed by atoms with Crippen LogP contribution in [-0.2, 0) is 14.8 Å². The van der Waals surface area contributed by atoms with E-state index in [2.05, 4.69) is 20.1 Å². The second-order valence-corrected chi connectivity index (χ2v) is 1.26. The molecule has 4 nitrogen and oxygen atoms in total. The van der Waals surface area contributed by atoms with Gasteiger partial charge in [-0.3, -0.25) is 5.32 Å². The van der Waals surface area contributed by atoms with Crippen LogP contribution in [0.15, 0.2) is 0 Å². The van der Waals surface area contributed by atoms with Crippen molar-refractivity contribution < 1.29 is 14.8 Å². The lowest BCUT2D eigenvalue weighted by Gasteiger charge is -2.06. The number of rotatable bonds is 4. The van der Waals surface area contributed by atoms with Crippen LogP contribution in [0.2, 0.25) is 0 Å². The lowest BCUT2D eigenvalue weighted by Crippen LogP contribution is -2.24. The fourth-order valence-corrected chi connectivity index (χ4v) is 0.146. The first-order valence-electron chi connectivity index (χ1n) is 2.34. The Bertz CT molecular complexity index is 50.5. The van der Waals surface area contributed by atoms with Crippen molar-refractivity contribution in [3.63, 3.8) is 0 Å². The summed E-state index contributed by atoms with van der Waals surface area (Å²) in [5.74, 6) is 0. The third-order valence-electron chi connectivity index (χ3n) is 0.658. The summed E-state index contributed by atoms with van der Waals surface area (Å²) in [7, 11) is 3.13. The molecule has 0 spiro atoms. The van der Waals surface area contributed by atoms with Crippen LogP contribution in [0.1, 0.15) is 6.92 Å². The quantitative estimate of drug-likeness (QED) is 0.324. The van der Waals surface area contributed by atoms with E-state index < -0.39 is 0 Å². The molecule has 0 rings (SSSR count). The van der Waals surface area contributed by atoms with Crippen molar-refractivity contribution >= 4 is 0 Å². The van der Waals surface area contributed by atoms with Gasteiger partial charge in [0.05, 0.1) is 7.11 Å². The number of hydrogen-bond donors (Lipinski definition) is 1. The van der Waals surface area contributed by atoms with E-state index in [1.54, 1.807) is 14.0 Å². The van der Waals surface area contributed by atoms with Gasteiger partial charge < -0.3 is 0 Å². The normalized spacial score (nSPS) is 13.9. The van der Waals surface area contributed by atoms with Crippen LogP contribution in [0.4, 0.5) is 0 Å². The highest BCUT2D eigenvalue weighted by Crippen LogP contribution is 1.83. The molecule has 0 amide bonds. The zero-order chi connectivity index (χ0) is 6.41. The van der Waals surface area contributed by atoms with Crippen molar-refractivity contribution in [2.45, 2.75) is 13.2 Å². The van der Waals surface area contributed by atoms with Gasteiger partial charge in [0.2, 0.25) is 0 Å². The van der Waals surface area contributed by atoms with E-state index in [9.17, 15) is 0 Å².